The minimum absolute atomic E-state index is 0.268. The molecule has 0 amide bonds. The number of rotatable bonds is 4. The first-order valence-corrected chi connectivity index (χ1v) is 7.37. The van der Waals surface area contributed by atoms with Gasteiger partial charge in [-0.2, -0.15) is 0 Å². The van der Waals surface area contributed by atoms with Crippen LogP contribution < -0.4 is 9.64 Å². The monoisotopic (exact) mass is 298 g/mol. The number of ether oxygens (including phenoxy) is 1. The number of anilines is 1. The number of amidine groups is 1. The molecule has 0 bridgehead atoms. The minimum atomic E-state index is -0.469. The molecular weight excluding hydrogens is 280 g/mol. The first kappa shape index (κ1) is 14.4. The number of carbonyl (C=O) groups is 1. The molecule has 5 nitrogen and oxygen atoms in total. The van der Waals surface area contributed by atoms with Crippen LogP contribution in [0.3, 0.4) is 0 Å². The quantitative estimate of drug-likeness (QED) is 0.642. The van der Waals surface area contributed by atoms with E-state index in [1.807, 2.05) is 36.9 Å². The maximum Gasteiger partial charge on any atom is 0.379 e. The molecule has 0 unspecified atom stereocenters. The molecular formula is C17H18N2O3. The van der Waals surface area contributed by atoms with Gasteiger partial charge < -0.3 is 14.1 Å². The summed E-state index contributed by atoms with van der Waals surface area (Å²) in [6, 6.07) is 9.27. The summed E-state index contributed by atoms with van der Waals surface area (Å²) in [5.74, 6) is 1.24. The summed E-state index contributed by atoms with van der Waals surface area (Å²) in [6.45, 7) is 5.47. The Bertz CT molecular complexity index is 718. The molecule has 0 atom stereocenters. The van der Waals surface area contributed by atoms with Crippen LogP contribution in [0.1, 0.15) is 30.0 Å². The number of carbonyl (C=O) groups excluding carboxylic acids is 1. The average molecular weight is 298 g/mol. The van der Waals surface area contributed by atoms with Gasteiger partial charge >= 0.3 is 5.97 Å². The van der Waals surface area contributed by atoms with Gasteiger partial charge in [-0.15, -0.1) is 0 Å². The van der Waals surface area contributed by atoms with E-state index in [2.05, 4.69) is 4.99 Å². The van der Waals surface area contributed by atoms with Crippen molar-refractivity contribution in [2.24, 2.45) is 4.99 Å². The van der Waals surface area contributed by atoms with E-state index in [1.165, 1.54) is 6.26 Å². The molecule has 1 aliphatic heterocycles. The van der Waals surface area contributed by atoms with E-state index in [0.29, 0.717) is 5.75 Å². The molecule has 114 valence electrons. The van der Waals surface area contributed by atoms with E-state index in [4.69, 9.17) is 9.15 Å². The number of furan rings is 1. The van der Waals surface area contributed by atoms with Crippen molar-refractivity contribution < 1.29 is 13.9 Å². The number of benzene rings is 1. The molecule has 0 N–H and O–H groups in total. The van der Waals surface area contributed by atoms with Crippen molar-refractivity contribution >= 4 is 17.5 Å². The largest absolute Gasteiger partial charge is 0.457 e. The van der Waals surface area contributed by atoms with Gasteiger partial charge in [-0.3, -0.25) is 4.99 Å². The molecule has 0 saturated carbocycles. The van der Waals surface area contributed by atoms with Crippen molar-refractivity contribution in [1.29, 1.82) is 0 Å². The summed E-state index contributed by atoms with van der Waals surface area (Å²) in [5, 5.41) is 0. The van der Waals surface area contributed by atoms with Crippen LogP contribution in [-0.2, 0) is 6.42 Å². The second kappa shape index (κ2) is 6.05. The van der Waals surface area contributed by atoms with Crippen LogP contribution in [0.2, 0.25) is 0 Å². The van der Waals surface area contributed by atoms with Gasteiger partial charge in [0.05, 0.1) is 18.5 Å². The van der Waals surface area contributed by atoms with Gasteiger partial charge in [-0.25, -0.2) is 4.79 Å². The molecule has 0 saturated heterocycles. The highest BCUT2D eigenvalue weighted by Crippen LogP contribution is 2.30. The molecule has 1 aliphatic rings. The third-order valence-corrected chi connectivity index (χ3v) is 3.73. The van der Waals surface area contributed by atoms with Crippen molar-refractivity contribution in [3.8, 4) is 5.75 Å². The van der Waals surface area contributed by atoms with Crippen LogP contribution in [0.15, 0.2) is 46.0 Å². The van der Waals surface area contributed by atoms with Crippen LogP contribution >= 0.6 is 0 Å². The van der Waals surface area contributed by atoms with Crippen LogP contribution in [0, 0.1) is 0 Å². The number of aryl methyl sites for hydroxylation is 1. The molecule has 2 heterocycles. The van der Waals surface area contributed by atoms with Crippen molar-refractivity contribution in [1.82, 2.24) is 0 Å². The number of aliphatic imine (C=N–C) groups is 1. The van der Waals surface area contributed by atoms with Gasteiger partial charge in [0.25, 0.3) is 0 Å². The lowest BCUT2D eigenvalue weighted by Gasteiger charge is -2.20. The Hall–Kier alpha value is -2.56. The SMILES string of the molecule is CCc1ccoc1C(=O)Oc1ccccc1N1CCN=C1C. The van der Waals surface area contributed by atoms with E-state index in [9.17, 15) is 4.79 Å². The van der Waals surface area contributed by atoms with Gasteiger partial charge in [-0.1, -0.05) is 19.1 Å². The Morgan fingerprint density at radius 2 is 2.18 bits per heavy atom. The van der Waals surface area contributed by atoms with Crippen LogP contribution in [0.5, 0.6) is 5.75 Å². The minimum Gasteiger partial charge on any atom is -0.457 e. The van der Waals surface area contributed by atoms with Crippen molar-refractivity contribution in [3.05, 3.63) is 47.9 Å². The molecule has 22 heavy (non-hydrogen) atoms. The zero-order valence-corrected chi connectivity index (χ0v) is 12.7. The summed E-state index contributed by atoms with van der Waals surface area (Å²) in [5.41, 5.74) is 1.70. The summed E-state index contributed by atoms with van der Waals surface area (Å²) in [4.78, 5) is 18.8. The molecule has 0 spiro atoms. The summed E-state index contributed by atoms with van der Waals surface area (Å²) in [6.07, 6.45) is 2.24. The number of nitrogens with zero attached hydrogens (tertiary/aromatic N) is 2. The first-order valence-electron chi connectivity index (χ1n) is 7.37. The lowest BCUT2D eigenvalue weighted by atomic mass is 10.2. The van der Waals surface area contributed by atoms with Crippen LogP contribution in [0.25, 0.3) is 0 Å². The van der Waals surface area contributed by atoms with E-state index in [0.717, 1.165) is 36.6 Å². The Morgan fingerprint density at radius 3 is 2.91 bits per heavy atom. The van der Waals surface area contributed by atoms with Crippen molar-refractivity contribution in [2.75, 3.05) is 18.0 Å². The van der Waals surface area contributed by atoms with E-state index >= 15 is 0 Å². The van der Waals surface area contributed by atoms with Crippen molar-refractivity contribution in [2.45, 2.75) is 20.3 Å². The van der Waals surface area contributed by atoms with Crippen LogP contribution in [-0.4, -0.2) is 24.9 Å². The highest BCUT2D eigenvalue weighted by atomic mass is 16.5. The predicted molar refractivity (Wildman–Crippen MR) is 84.8 cm³/mol. The standard InChI is InChI=1S/C17H18N2O3/c1-3-13-8-11-21-16(13)17(20)22-15-7-5-4-6-14(15)19-10-9-18-12(19)2/h4-8,11H,3,9-10H2,1-2H3. The Balaban J connectivity index is 1.87. The van der Waals surface area contributed by atoms with Crippen molar-refractivity contribution in [3.63, 3.8) is 0 Å². The van der Waals surface area contributed by atoms with E-state index < -0.39 is 5.97 Å². The highest BCUT2D eigenvalue weighted by molar-refractivity contribution is 5.99. The molecule has 0 radical (unpaired) electrons. The molecule has 1 aromatic carbocycles. The lowest BCUT2D eigenvalue weighted by Crippen LogP contribution is -2.26. The van der Waals surface area contributed by atoms with E-state index in [-0.39, 0.29) is 5.76 Å². The zero-order chi connectivity index (χ0) is 15.5. The van der Waals surface area contributed by atoms with Crippen LogP contribution in [0.4, 0.5) is 5.69 Å². The third kappa shape index (κ3) is 2.62. The normalized spacial score (nSPS) is 14.1. The second-order valence-electron chi connectivity index (χ2n) is 5.07. The van der Waals surface area contributed by atoms with Gasteiger partial charge in [0, 0.05) is 12.1 Å². The molecule has 2 aromatic rings. The smallest absolute Gasteiger partial charge is 0.379 e. The topological polar surface area (TPSA) is 55.0 Å². The number of esters is 1. The average Bonchev–Trinajstić information content (AvgIpc) is 3.16. The van der Waals surface area contributed by atoms with E-state index in [1.54, 1.807) is 12.1 Å². The lowest BCUT2D eigenvalue weighted by molar-refractivity contribution is 0.0700. The zero-order valence-electron chi connectivity index (χ0n) is 12.7. The predicted octanol–water partition coefficient (Wildman–Crippen LogP) is 3.30. The second-order valence-corrected chi connectivity index (χ2v) is 5.07. The van der Waals surface area contributed by atoms with Gasteiger partial charge in [0.1, 0.15) is 5.84 Å². The Labute approximate surface area is 129 Å². The fourth-order valence-corrected chi connectivity index (χ4v) is 2.56. The molecule has 5 heteroatoms. The molecule has 1 aromatic heterocycles. The Kier molecular flexibility index (Phi) is 3.96. The summed E-state index contributed by atoms with van der Waals surface area (Å²) in [7, 11) is 0. The fraction of sp³-hybridized carbons (Fsp3) is 0.294. The maximum absolute atomic E-state index is 12.3. The third-order valence-electron chi connectivity index (χ3n) is 3.73. The maximum atomic E-state index is 12.3. The number of para-hydroxylation sites is 2. The molecule has 0 aliphatic carbocycles. The first-order chi connectivity index (χ1) is 10.7. The Morgan fingerprint density at radius 1 is 1.36 bits per heavy atom. The number of hydrogen-bond acceptors (Lipinski definition) is 5. The summed E-state index contributed by atoms with van der Waals surface area (Å²) < 4.78 is 10.8. The highest BCUT2D eigenvalue weighted by Gasteiger charge is 2.22. The number of hydrogen-bond donors (Lipinski definition) is 0. The molecule has 3 rings (SSSR count). The van der Waals surface area contributed by atoms with Gasteiger partial charge in [0.15, 0.2) is 5.75 Å². The molecule has 0 fully saturated rings. The van der Waals surface area contributed by atoms with Gasteiger partial charge in [-0.05, 0) is 31.5 Å². The summed E-state index contributed by atoms with van der Waals surface area (Å²) >= 11 is 0. The fourth-order valence-electron chi connectivity index (χ4n) is 2.56. The van der Waals surface area contributed by atoms with Gasteiger partial charge in [0.2, 0.25) is 5.76 Å².